The van der Waals surface area contributed by atoms with Crippen LogP contribution in [0.2, 0.25) is 0 Å². The number of amides is 1. The number of rotatable bonds is 5. The molecular weight excluding hydrogens is 287 g/mol. The van der Waals surface area contributed by atoms with Crippen LogP contribution in [0.1, 0.15) is 12.5 Å². The van der Waals surface area contributed by atoms with Gasteiger partial charge in [-0.15, -0.1) is 11.8 Å². The lowest BCUT2D eigenvalue weighted by molar-refractivity contribution is -0.122. The van der Waals surface area contributed by atoms with Crippen molar-refractivity contribution in [1.29, 1.82) is 0 Å². The van der Waals surface area contributed by atoms with E-state index in [0.717, 1.165) is 10.5 Å². The van der Waals surface area contributed by atoms with Crippen LogP contribution >= 0.6 is 11.8 Å². The maximum Gasteiger partial charge on any atom is 0.247 e. The lowest BCUT2D eigenvalue weighted by Gasteiger charge is -2.29. The van der Waals surface area contributed by atoms with Gasteiger partial charge in [-0.2, -0.15) is 0 Å². The molecule has 21 heavy (non-hydrogen) atoms. The number of halogens is 1. The summed E-state index contributed by atoms with van der Waals surface area (Å²) in [7, 11) is 0. The van der Waals surface area contributed by atoms with Crippen LogP contribution in [0.25, 0.3) is 0 Å². The molecule has 0 spiro atoms. The third-order valence-corrected chi connectivity index (χ3v) is 4.14. The summed E-state index contributed by atoms with van der Waals surface area (Å²) in [6, 6.07) is 13.4. The zero-order chi connectivity index (χ0) is 15.5. The minimum absolute atomic E-state index is 0.328. The van der Waals surface area contributed by atoms with E-state index in [4.69, 9.17) is 5.73 Å². The number of carbonyl (C=O) groups is 1. The van der Waals surface area contributed by atoms with Crippen molar-refractivity contribution in [2.75, 3.05) is 11.6 Å². The van der Waals surface area contributed by atoms with Gasteiger partial charge in [0, 0.05) is 10.6 Å². The number of hydrogen-bond acceptors (Lipinski definition) is 3. The van der Waals surface area contributed by atoms with Crippen molar-refractivity contribution in [2.45, 2.75) is 17.4 Å². The first-order valence-corrected chi connectivity index (χ1v) is 7.66. The highest BCUT2D eigenvalue weighted by atomic mass is 32.2. The van der Waals surface area contributed by atoms with Crippen LogP contribution in [0.3, 0.4) is 0 Å². The number of benzene rings is 2. The Hall–Kier alpha value is -2.01. The van der Waals surface area contributed by atoms with Crippen molar-refractivity contribution in [3.05, 3.63) is 59.9 Å². The van der Waals surface area contributed by atoms with Crippen LogP contribution in [0.5, 0.6) is 0 Å². The molecule has 2 aromatic rings. The van der Waals surface area contributed by atoms with Gasteiger partial charge in [-0.3, -0.25) is 4.79 Å². The summed E-state index contributed by atoms with van der Waals surface area (Å²) >= 11 is 1.62. The number of anilines is 1. The van der Waals surface area contributed by atoms with Gasteiger partial charge in [-0.25, -0.2) is 4.39 Å². The summed E-state index contributed by atoms with van der Waals surface area (Å²) in [5.74, 6) is -0.825. The Bertz CT molecular complexity index is 628. The normalized spacial score (nSPS) is 13.5. The molecule has 0 aliphatic heterocycles. The van der Waals surface area contributed by atoms with E-state index in [9.17, 15) is 9.18 Å². The molecule has 0 aromatic heterocycles. The van der Waals surface area contributed by atoms with Crippen LogP contribution in [0, 0.1) is 5.82 Å². The molecule has 2 rings (SSSR count). The molecular formula is C16H17FN2OS. The maximum absolute atomic E-state index is 13.0. The predicted molar refractivity (Wildman–Crippen MR) is 84.8 cm³/mol. The van der Waals surface area contributed by atoms with Crippen molar-refractivity contribution in [1.82, 2.24) is 0 Å². The van der Waals surface area contributed by atoms with Crippen LogP contribution in [0.4, 0.5) is 10.1 Å². The van der Waals surface area contributed by atoms with E-state index in [0.29, 0.717) is 5.69 Å². The number of carbonyl (C=O) groups excluding carboxylic acids is 1. The summed E-state index contributed by atoms with van der Waals surface area (Å²) in [6.07, 6.45) is 1.99. The average Bonchev–Trinajstić information content (AvgIpc) is 2.49. The van der Waals surface area contributed by atoms with E-state index in [2.05, 4.69) is 5.32 Å². The molecule has 3 N–H and O–H groups in total. The predicted octanol–water partition coefficient (Wildman–Crippen LogP) is 3.36. The first kappa shape index (κ1) is 15.4. The molecule has 1 amide bonds. The number of nitrogens with one attached hydrogen (secondary N) is 1. The van der Waals surface area contributed by atoms with E-state index in [1.54, 1.807) is 30.8 Å². The lowest BCUT2D eigenvalue weighted by Crippen LogP contribution is -2.45. The van der Waals surface area contributed by atoms with Gasteiger partial charge >= 0.3 is 0 Å². The first-order chi connectivity index (χ1) is 9.95. The van der Waals surface area contributed by atoms with Gasteiger partial charge in [0.05, 0.1) is 0 Å². The molecule has 0 aliphatic carbocycles. The minimum Gasteiger partial charge on any atom is -0.368 e. The van der Waals surface area contributed by atoms with Crippen molar-refractivity contribution < 1.29 is 9.18 Å². The third-order valence-electron chi connectivity index (χ3n) is 3.40. The Morgan fingerprint density at radius 1 is 1.14 bits per heavy atom. The van der Waals surface area contributed by atoms with E-state index in [-0.39, 0.29) is 5.82 Å². The molecule has 1 atom stereocenters. The van der Waals surface area contributed by atoms with Gasteiger partial charge < -0.3 is 11.1 Å². The van der Waals surface area contributed by atoms with Crippen molar-refractivity contribution >= 4 is 23.4 Å². The fourth-order valence-electron chi connectivity index (χ4n) is 2.02. The second-order valence-electron chi connectivity index (χ2n) is 4.85. The highest BCUT2D eigenvalue weighted by Crippen LogP contribution is 2.28. The van der Waals surface area contributed by atoms with Crippen molar-refractivity contribution in [3.63, 3.8) is 0 Å². The summed E-state index contributed by atoms with van der Waals surface area (Å²) in [5, 5.41) is 3.09. The minimum atomic E-state index is -1.06. The molecule has 110 valence electrons. The van der Waals surface area contributed by atoms with Gasteiger partial charge in [0.15, 0.2) is 0 Å². The molecule has 0 saturated carbocycles. The lowest BCUT2D eigenvalue weighted by atomic mass is 9.91. The Kier molecular flexibility index (Phi) is 4.53. The zero-order valence-corrected chi connectivity index (χ0v) is 12.7. The largest absolute Gasteiger partial charge is 0.368 e. The van der Waals surface area contributed by atoms with E-state index < -0.39 is 11.4 Å². The number of thioether (sulfide) groups is 1. The van der Waals surface area contributed by atoms with E-state index >= 15 is 0 Å². The number of hydrogen-bond donors (Lipinski definition) is 2. The fraction of sp³-hybridized carbons (Fsp3) is 0.188. The van der Waals surface area contributed by atoms with Crippen molar-refractivity contribution in [2.24, 2.45) is 5.73 Å². The van der Waals surface area contributed by atoms with Gasteiger partial charge in [0.2, 0.25) is 5.91 Å². The number of nitrogens with two attached hydrogens (primary N) is 1. The molecule has 0 fully saturated rings. The summed E-state index contributed by atoms with van der Waals surface area (Å²) in [5.41, 5.74) is 5.90. The standard InChI is InChI=1S/C16H17FN2OS/c1-16(15(18)20,11-3-9-14(21-2)10-4-11)19-13-7-5-12(17)6-8-13/h3-10,19H,1-2H3,(H2,18,20). The second kappa shape index (κ2) is 6.18. The monoisotopic (exact) mass is 304 g/mol. The fourth-order valence-corrected chi connectivity index (χ4v) is 2.43. The second-order valence-corrected chi connectivity index (χ2v) is 5.73. The zero-order valence-electron chi connectivity index (χ0n) is 11.9. The molecule has 0 heterocycles. The quantitative estimate of drug-likeness (QED) is 0.833. The van der Waals surface area contributed by atoms with Crippen molar-refractivity contribution in [3.8, 4) is 0 Å². The Labute approximate surface area is 127 Å². The molecule has 0 saturated heterocycles. The van der Waals surface area contributed by atoms with Gasteiger partial charge in [0.25, 0.3) is 0 Å². The van der Waals surface area contributed by atoms with Crippen LogP contribution in [-0.2, 0) is 10.3 Å². The molecule has 1 unspecified atom stereocenters. The van der Waals surface area contributed by atoms with Gasteiger partial charge in [-0.1, -0.05) is 12.1 Å². The Balaban J connectivity index is 2.34. The third kappa shape index (κ3) is 3.36. The highest BCUT2D eigenvalue weighted by molar-refractivity contribution is 7.98. The van der Waals surface area contributed by atoms with E-state index in [1.165, 1.54) is 12.1 Å². The summed E-state index contributed by atoms with van der Waals surface area (Å²) in [4.78, 5) is 13.0. The average molecular weight is 304 g/mol. The number of primary amides is 1. The molecule has 0 aliphatic rings. The Morgan fingerprint density at radius 2 is 1.71 bits per heavy atom. The SMILES string of the molecule is CSc1ccc(C(C)(Nc2ccc(F)cc2)C(N)=O)cc1. The molecule has 2 aromatic carbocycles. The van der Waals surface area contributed by atoms with Crippen LogP contribution in [-0.4, -0.2) is 12.2 Å². The maximum atomic E-state index is 13.0. The highest BCUT2D eigenvalue weighted by Gasteiger charge is 2.33. The molecule has 0 bridgehead atoms. The van der Waals surface area contributed by atoms with E-state index in [1.807, 2.05) is 30.5 Å². The molecule has 5 heteroatoms. The smallest absolute Gasteiger partial charge is 0.247 e. The Morgan fingerprint density at radius 3 is 2.19 bits per heavy atom. The van der Waals surface area contributed by atoms with Gasteiger partial charge in [-0.05, 0) is 55.1 Å². The molecule has 0 radical (unpaired) electrons. The molecule has 3 nitrogen and oxygen atoms in total. The first-order valence-electron chi connectivity index (χ1n) is 6.44. The van der Waals surface area contributed by atoms with Crippen LogP contribution in [0.15, 0.2) is 53.4 Å². The van der Waals surface area contributed by atoms with Gasteiger partial charge in [0.1, 0.15) is 11.4 Å². The topological polar surface area (TPSA) is 55.1 Å². The summed E-state index contributed by atoms with van der Waals surface area (Å²) < 4.78 is 13.0. The van der Waals surface area contributed by atoms with Crippen LogP contribution < -0.4 is 11.1 Å². The summed E-state index contributed by atoms with van der Waals surface area (Å²) in [6.45, 7) is 1.72.